The lowest BCUT2D eigenvalue weighted by molar-refractivity contribution is 0.182. The molecule has 0 bridgehead atoms. The zero-order valence-corrected chi connectivity index (χ0v) is 9.61. The first-order valence-electron chi connectivity index (χ1n) is 5.70. The molecule has 2 atom stereocenters. The Hall–Kier alpha value is -0.860. The lowest BCUT2D eigenvalue weighted by Crippen LogP contribution is -2.24. The predicted octanol–water partition coefficient (Wildman–Crippen LogP) is 2.50. The van der Waals surface area contributed by atoms with E-state index < -0.39 is 0 Å². The second-order valence-corrected chi connectivity index (χ2v) is 3.96. The van der Waals surface area contributed by atoms with Crippen LogP contribution in [0.25, 0.3) is 0 Å². The summed E-state index contributed by atoms with van der Waals surface area (Å²) >= 11 is 0. The third kappa shape index (κ3) is 4.45. The molecule has 0 aliphatic rings. The molecule has 0 aliphatic carbocycles. The molecule has 2 unspecified atom stereocenters. The molecule has 2 nitrogen and oxygen atoms in total. The highest BCUT2D eigenvalue weighted by Crippen LogP contribution is 2.15. The van der Waals surface area contributed by atoms with Crippen molar-refractivity contribution in [1.82, 2.24) is 5.32 Å². The van der Waals surface area contributed by atoms with Crippen molar-refractivity contribution in [2.24, 2.45) is 0 Å². The van der Waals surface area contributed by atoms with E-state index in [0.717, 1.165) is 19.4 Å². The van der Waals surface area contributed by atoms with Crippen LogP contribution < -0.4 is 5.32 Å². The van der Waals surface area contributed by atoms with Crippen LogP contribution in [-0.2, 0) is 0 Å². The molecular formula is C13H21NO. The fourth-order valence-electron chi connectivity index (χ4n) is 1.65. The van der Waals surface area contributed by atoms with Gasteiger partial charge in [-0.2, -0.15) is 0 Å². The fraction of sp³-hybridized carbons (Fsp3) is 0.538. The maximum absolute atomic E-state index is 9.17. The second kappa shape index (κ2) is 6.59. The van der Waals surface area contributed by atoms with Gasteiger partial charge in [-0.25, -0.2) is 0 Å². The van der Waals surface area contributed by atoms with Gasteiger partial charge in [0.1, 0.15) is 0 Å². The second-order valence-electron chi connectivity index (χ2n) is 3.96. The normalized spacial score (nSPS) is 14.9. The van der Waals surface area contributed by atoms with E-state index in [1.165, 1.54) is 5.56 Å². The highest BCUT2D eigenvalue weighted by molar-refractivity contribution is 5.18. The third-order valence-electron chi connectivity index (χ3n) is 2.56. The first-order valence-corrected chi connectivity index (χ1v) is 5.70. The molecule has 1 aromatic rings. The molecule has 2 heteroatoms. The minimum absolute atomic E-state index is 0.217. The Balaban J connectivity index is 2.43. The van der Waals surface area contributed by atoms with Gasteiger partial charge in [0.25, 0.3) is 0 Å². The van der Waals surface area contributed by atoms with Crippen molar-refractivity contribution in [3.05, 3.63) is 35.9 Å². The van der Waals surface area contributed by atoms with Gasteiger partial charge in [-0.1, -0.05) is 37.3 Å². The summed E-state index contributed by atoms with van der Waals surface area (Å²) in [7, 11) is 0. The average molecular weight is 207 g/mol. The number of hydrogen-bond acceptors (Lipinski definition) is 2. The van der Waals surface area contributed by atoms with Crippen LogP contribution in [0.4, 0.5) is 0 Å². The Kier molecular flexibility index (Phi) is 5.37. The molecule has 0 aromatic heterocycles. The van der Waals surface area contributed by atoms with Gasteiger partial charge >= 0.3 is 0 Å². The first-order chi connectivity index (χ1) is 7.24. The van der Waals surface area contributed by atoms with E-state index in [9.17, 15) is 0 Å². The van der Waals surface area contributed by atoms with Gasteiger partial charge < -0.3 is 10.4 Å². The number of aliphatic hydroxyl groups excluding tert-OH is 1. The van der Waals surface area contributed by atoms with Gasteiger partial charge in [-0.05, 0) is 31.9 Å². The zero-order chi connectivity index (χ0) is 11.1. The molecule has 0 saturated heterocycles. The number of hydrogen-bond donors (Lipinski definition) is 2. The van der Waals surface area contributed by atoms with Gasteiger partial charge in [0.05, 0.1) is 6.10 Å². The first kappa shape index (κ1) is 12.2. The smallest absolute Gasteiger partial charge is 0.0524 e. The van der Waals surface area contributed by atoms with Gasteiger partial charge in [-0.3, -0.25) is 0 Å². The van der Waals surface area contributed by atoms with Crippen LogP contribution >= 0.6 is 0 Å². The van der Waals surface area contributed by atoms with Crippen molar-refractivity contribution in [2.75, 3.05) is 6.54 Å². The number of rotatable bonds is 6. The Morgan fingerprint density at radius 2 is 1.93 bits per heavy atom. The monoisotopic (exact) mass is 207 g/mol. The van der Waals surface area contributed by atoms with Crippen LogP contribution in [0, 0.1) is 0 Å². The van der Waals surface area contributed by atoms with Gasteiger partial charge in [-0.15, -0.1) is 0 Å². The lowest BCUT2D eigenvalue weighted by Gasteiger charge is -2.17. The summed E-state index contributed by atoms with van der Waals surface area (Å²) in [4.78, 5) is 0. The van der Waals surface area contributed by atoms with Crippen LogP contribution in [0.1, 0.15) is 38.3 Å². The van der Waals surface area contributed by atoms with E-state index in [1.807, 2.05) is 13.0 Å². The standard InChI is InChI=1S/C13H21NO/c1-3-13(14-10-9-11(2)15)12-7-5-4-6-8-12/h4-8,11,13-15H,3,9-10H2,1-2H3. The maximum atomic E-state index is 9.17. The highest BCUT2D eigenvalue weighted by Gasteiger charge is 2.07. The molecule has 0 amide bonds. The summed E-state index contributed by atoms with van der Waals surface area (Å²) in [5.41, 5.74) is 1.32. The Morgan fingerprint density at radius 1 is 1.27 bits per heavy atom. The van der Waals surface area contributed by atoms with Gasteiger partial charge in [0.2, 0.25) is 0 Å². The summed E-state index contributed by atoms with van der Waals surface area (Å²) in [6.07, 6.45) is 1.67. The quantitative estimate of drug-likeness (QED) is 0.751. The van der Waals surface area contributed by atoms with Crippen molar-refractivity contribution in [2.45, 2.75) is 38.8 Å². The summed E-state index contributed by atoms with van der Waals surface area (Å²) in [5.74, 6) is 0. The van der Waals surface area contributed by atoms with Crippen LogP contribution in [-0.4, -0.2) is 17.8 Å². The molecule has 15 heavy (non-hydrogen) atoms. The van der Waals surface area contributed by atoms with E-state index in [-0.39, 0.29) is 6.10 Å². The minimum atomic E-state index is -0.217. The maximum Gasteiger partial charge on any atom is 0.0524 e. The number of aliphatic hydroxyl groups is 1. The van der Waals surface area contributed by atoms with Crippen molar-refractivity contribution < 1.29 is 5.11 Å². The van der Waals surface area contributed by atoms with Gasteiger partial charge in [0.15, 0.2) is 0 Å². The summed E-state index contributed by atoms with van der Waals surface area (Å²) < 4.78 is 0. The third-order valence-corrected chi connectivity index (χ3v) is 2.56. The molecule has 0 heterocycles. The Morgan fingerprint density at radius 3 is 2.47 bits per heavy atom. The van der Waals surface area contributed by atoms with Crippen molar-refractivity contribution >= 4 is 0 Å². The Bertz CT molecular complexity index is 258. The largest absolute Gasteiger partial charge is 0.393 e. The van der Waals surface area contributed by atoms with E-state index in [0.29, 0.717) is 6.04 Å². The number of benzene rings is 1. The highest BCUT2D eigenvalue weighted by atomic mass is 16.3. The minimum Gasteiger partial charge on any atom is -0.393 e. The zero-order valence-electron chi connectivity index (χ0n) is 9.61. The van der Waals surface area contributed by atoms with Crippen LogP contribution in [0.3, 0.4) is 0 Å². The molecule has 1 rings (SSSR count). The molecule has 0 saturated carbocycles. The lowest BCUT2D eigenvalue weighted by atomic mass is 10.0. The molecule has 1 aromatic carbocycles. The van der Waals surface area contributed by atoms with Gasteiger partial charge in [0, 0.05) is 6.04 Å². The van der Waals surface area contributed by atoms with Crippen LogP contribution in [0.2, 0.25) is 0 Å². The molecular weight excluding hydrogens is 186 g/mol. The van der Waals surface area contributed by atoms with Crippen LogP contribution in [0.5, 0.6) is 0 Å². The summed E-state index contributed by atoms with van der Waals surface area (Å²) in [5, 5.41) is 12.6. The molecule has 0 spiro atoms. The molecule has 0 aliphatic heterocycles. The van der Waals surface area contributed by atoms with Crippen molar-refractivity contribution in [3.63, 3.8) is 0 Å². The van der Waals surface area contributed by atoms with E-state index >= 15 is 0 Å². The van der Waals surface area contributed by atoms with E-state index in [2.05, 4.69) is 36.5 Å². The topological polar surface area (TPSA) is 32.3 Å². The SMILES string of the molecule is CCC(NCCC(C)O)c1ccccc1. The summed E-state index contributed by atoms with van der Waals surface area (Å²) in [6.45, 7) is 4.86. The summed E-state index contributed by atoms with van der Waals surface area (Å²) in [6, 6.07) is 10.9. The number of nitrogens with one attached hydrogen (secondary N) is 1. The van der Waals surface area contributed by atoms with E-state index in [1.54, 1.807) is 0 Å². The molecule has 0 radical (unpaired) electrons. The average Bonchev–Trinajstić information content (AvgIpc) is 2.25. The van der Waals surface area contributed by atoms with Crippen LogP contribution in [0.15, 0.2) is 30.3 Å². The fourth-order valence-corrected chi connectivity index (χ4v) is 1.65. The van der Waals surface area contributed by atoms with Crippen molar-refractivity contribution in [1.29, 1.82) is 0 Å². The molecule has 84 valence electrons. The molecule has 2 N–H and O–H groups in total. The van der Waals surface area contributed by atoms with Crippen molar-refractivity contribution in [3.8, 4) is 0 Å². The predicted molar refractivity (Wildman–Crippen MR) is 63.8 cm³/mol. The van der Waals surface area contributed by atoms with E-state index in [4.69, 9.17) is 5.11 Å². The Labute approximate surface area is 92.3 Å². The molecule has 0 fully saturated rings.